The molecule has 0 spiro atoms. The first-order valence-corrected chi connectivity index (χ1v) is 8.42. The van der Waals surface area contributed by atoms with Gasteiger partial charge in [0.15, 0.2) is 0 Å². The van der Waals surface area contributed by atoms with E-state index in [1.807, 2.05) is 25.1 Å². The third-order valence-corrected chi connectivity index (χ3v) is 3.84. The molecule has 0 aliphatic heterocycles. The van der Waals surface area contributed by atoms with Gasteiger partial charge in [-0.15, -0.1) is 0 Å². The molecule has 28 heavy (non-hydrogen) atoms. The lowest BCUT2D eigenvalue weighted by molar-refractivity contribution is -0.159. The Balaban J connectivity index is 0.000000568. The first-order valence-electron chi connectivity index (χ1n) is 8.42. The minimum absolute atomic E-state index is 0.190. The van der Waals surface area contributed by atoms with Crippen LogP contribution in [0.25, 0.3) is 0 Å². The smallest absolute Gasteiger partial charge is 0.414 e. The van der Waals surface area contributed by atoms with Gasteiger partial charge in [-0.2, -0.15) is 0 Å². The molecule has 0 atom stereocenters. The lowest BCUT2D eigenvalue weighted by Gasteiger charge is -2.15. The van der Waals surface area contributed by atoms with E-state index in [-0.39, 0.29) is 5.82 Å². The average Bonchev–Trinajstić information content (AvgIpc) is 2.66. The van der Waals surface area contributed by atoms with Crippen molar-refractivity contribution in [2.45, 2.75) is 19.9 Å². The Kier molecular flexibility index (Phi) is 9.45. The van der Waals surface area contributed by atoms with E-state index in [2.05, 4.69) is 5.32 Å². The highest BCUT2D eigenvalue weighted by Crippen LogP contribution is 2.31. The summed E-state index contributed by atoms with van der Waals surface area (Å²) < 4.78 is 23.9. The molecule has 0 aliphatic carbocycles. The molecule has 2 aromatic rings. The summed E-state index contributed by atoms with van der Waals surface area (Å²) in [5.74, 6) is -2.17. The highest BCUT2D eigenvalue weighted by atomic mass is 19.1. The van der Waals surface area contributed by atoms with E-state index in [9.17, 15) is 4.39 Å². The quantitative estimate of drug-likeness (QED) is 0.491. The van der Waals surface area contributed by atoms with Crippen molar-refractivity contribution < 1.29 is 33.7 Å². The fraction of sp³-hybridized carbons (Fsp3) is 0.300. The Morgan fingerprint density at radius 3 is 2.29 bits per heavy atom. The molecule has 2 rings (SSSR count). The minimum Gasteiger partial charge on any atom is -0.496 e. The summed E-state index contributed by atoms with van der Waals surface area (Å²) in [4.78, 5) is 18.2. The second-order valence-electron chi connectivity index (χ2n) is 5.75. The van der Waals surface area contributed by atoms with Crippen molar-refractivity contribution in [1.82, 2.24) is 5.32 Å². The van der Waals surface area contributed by atoms with Crippen LogP contribution in [0.15, 0.2) is 36.4 Å². The number of nitrogens with one attached hydrogen (secondary N) is 1. The normalized spacial score (nSPS) is 9.86. The Labute approximate surface area is 162 Å². The van der Waals surface area contributed by atoms with E-state index < -0.39 is 11.9 Å². The number of rotatable bonds is 7. The van der Waals surface area contributed by atoms with Crippen LogP contribution in [0.3, 0.4) is 0 Å². The molecule has 0 heterocycles. The maximum Gasteiger partial charge on any atom is 0.414 e. The zero-order chi connectivity index (χ0) is 21.1. The number of carboxylic acids is 2. The van der Waals surface area contributed by atoms with E-state index in [1.165, 1.54) is 6.07 Å². The molecule has 0 saturated heterocycles. The second-order valence-corrected chi connectivity index (χ2v) is 5.75. The van der Waals surface area contributed by atoms with Crippen molar-refractivity contribution in [2.24, 2.45) is 0 Å². The van der Waals surface area contributed by atoms with Gasteiger partial charge < -0.3 is 25.0 Å². The number of benzene rings is 2. The van der Waals surface area contributed by atoms with Gasteiger partial charge in [-0.25, -0.2) is 14.0 Å². The molecule has 0 radical (unpaired) electrons. The molecule has 0 bridgehead atoms. The summed E-state index contributed by atoms with van der Waals surface area (Å²) in [6.07, 6.45) is 0.787. The van der Waals surface area contributed by atoms with Gasteiger partial charge in [0, 0.05) is 17.7 Å². The number of carboxylic acid groups (broad SMARTS) is 2. The van der Waals surface area contributed by atoms with Gasteiger partial charge in [-0.3, -0.25) is 0 Å². The second kappa shape index (κ2) is 11.6. The Morgan fingerprint density at radius 2 is 1.75 bits per heavy atom. The molecule has 7 nitrogen and oxygen atoms in total. The highest BCUT2D eigenvalue weighted by molar-refractivity contribution is 6.27. The zero-order valence-electron chi connectivity index (χ0n) is 16.0. The predicted molar refractivity (Wildman–Crippen MR) is 101 cm³/mol. The molecular formula is C20H24FNO6. The maximum atomic E-state index is 13.1. The first-order chi connectivity index (χ1) is 13.3. The van der Waals surface area contributed by atoms with Gasteiger partial charge in [0.2, 0.25) is 0 Å². The van der Waals surface area contributed by atoms with E-state index in [0.717, 1.165) is 41.2 Å². The first kappa shape index (κ1) is 22.9. The molecule has 0 saturated carbocycles. The molecule has 8 heteroatoms. The lowest BCUT2D eigenvalue weighted by Crippen LogP contribution is -2.17. The number of halogens is 1. The topological polar surface area (TPSA) is 105 Å². The minimum atomic E-state index is -1.82. The molecule has 2 aromatic carbocycles. The van der Waals surface area contributed by atoms with Crippen molar-refractivity contribution >= 4 is 11.9 Å². The van der Waals surface area contributed by atoms with Crippen LogP contribution < -0.4 is 14.8 Å². The van der Waals surface area contributed by atoms with E-state index in [4.69, 9.17) is 29.3 Å². The molecular weight excluding hydrogens is 369 g/mol. The average molecular weight is 393 g/mol. The van der Waals surface area contributed by atoms with Crippen molar-refractivity contribution in [1.29, 1.82) is 0 Å². The maximum absolute atomic E-state index is 13.1. The van der Waals surface area contributed by atoms with Gasteiger partial charge in [0.05, 0.1) is 14.2 Å². The lowest BCUT2D eigenvalue weighted by atomic mass is 10.1. The Hall–Kier alpha value is -3.13. The van der Waals surface area contributed by atoms with Crippen LogP contribution in [0.5, 0.6) is 11.5 Å². The summed E-state index contributed by atoms with van der Waals surface area (Å²) in [6.45, 7) is 3.45. The molecule has 0 aliphatic rings. The number of methoxy groups -OCH3 is 2. The summed E-state index contributed by atoms with van der Waals surface area (Å²) in [5, 5.41) is 18.1. The fourth-order valence-electron chi connectivity index (χ4n) is 2.52. The molecule has 0 fully saturated rings. The summed E-state index contributed by atoms with van der Waals surface area (Å²) in [6, 6.07) is 10.6. The van der Waals surface area contributed by atoms with Gasteiger partial charge >= 0.3 is 11.9 Å². The zero-order valence-corrected chi connectivity index (χ0v) is 16.0. The van der Waals surface area contributed by atoms with Crippen LogP contribution in [0.4, 0.5) is 4.39 Å². The monoisotopic (exact) mass is 393 g/mol. The van der Waals surface area contributed by atoms with Crippen LogP contribution in [0.1, 0.15) is 16.7 Å². The van der Waals surface area contributed by atoms with E-state index in [1.54, 1.807) is 26.4 Å². The Morgan fingerprint density at radius 1 is 1.07 bits per heavy atom. The standard InChI is InChI=1S/C18H22FNO2.C2H2O4/c1-13-17(21-2)8-7-15(18(13)22-3)12-20-10-9-14-5-4-6-16(19)11-14;3-1(4)2(5)6/h4-8,11,20H,9-10,12H2,1-3H3;(H,3,4)(H,5,6). The van der Waals surface area contributed by atoms with Crippen LogP contribution >= 0.6 is 0 Å². The fourth-order valence-corrected chi connectivity index (χ4v) is 2.52. The largest absolute Gasteiger partial charge is 0.496 e. The van der Waals surface area contributed by atoms with Crippen LogP contribution in [0.2, 0.25) is 0 Å². The van der Waals surface area contributed by atoms with Gasteiger partial charge in [-0.05, 0) is 43.7 Å². The highest BCUT2D eigenvalue weighted by Gasteiger charge is 2.10. The summed E-state index contributed by atoms with van der Waals surface area (Å²) in [7, 11) is 3.32. The van der Waals surface area contributed by atoms with Crippen molar-refractivity contribution in [3.63, 3.8) is 0 Å². The van der Waals surface area contributed by atoms with E-state index in [0.29, 0.717) is 6.54 Å². The molecule has 152 valence electrons. The van der Waals surface area contributed by atoms with Crippen LogP contribution in [0, 0.1) is 12.7 Å². The predicted octanol–water partition coefficient (Wildman–Crippen LogP) is 2.64. The van der Waals surface area contributed by atoms with Crippen molar-refractivity contribution in [3.05, 3.63) is 58.9 Å². The van der Waals surface area contributed by atoms with Gasteiger partial charge in [0.25, 0.3) is 0 Å². The number of ether oxygens (including phenoxy) is 2. The van der Waals surface area contributed by atoms with Crippen molar-refractivity contribution in [3.8, 4) is 11.5 Å². The molecule has 3 N–H and O–H groups in total. The number of hydrogen-bond acceptors (Lipinski definition) is 5. The molecule has 0 aromatic heterocycles. The van der Waals surface area contributed by atoms with E-state index >= 15 is 0 Å². The summed E-state index contributed by atoms with van der Waals surface area (Å²) >= 11 is 0. The van der Waals surface area contributed by atoms with Crippen LogP contribution in [-0.4, -0.2) is 42.9 Å². The SMILES string of the molecule is COc1ccc(CNCCc2cccc(F)c2)c(OC)c1C.O=C(O)C(=O)O. The number of hydrogen-bond donors (Lipinski definition) is 3. The Bertz CT molecular complexity index is 797. The van der Waals surface area contributed by atoms with Gasteiger partial charge in [-0.1, -0.05) is 18.2 Å². The number of aliphatic carboxylic acids is 2. The molecule has 0 amide bonds. The summed E-state index contributed by atoms with van der Waals surface area (Å²) in [5.41, 5.74) is 3.07. The van der Waals surface area contributed by atoms with Gasteiger partial charge in [0.1, 0.15) is 17.3 Å². The van der Waals surface area contributed by atoms with Crippen LogP contribution in [-0.2, 0) is 22.6 Å². The van der Waals surface area contributed by atoms with Crippen molar-refractivity contribution in [2.75, 3.05) is 20.8 Å². The third kappa shape index (κ3) is 7.24. The molecule has 0 unspecified atom stereocenters. The third-order valence-electron chi connectivity index (χ3n) is 3.84. The number of carbonyl (C=O) groups is 2.